The number of carbonyl (C=O) groups excluding carboxylic acids is 1. The van der Waals surface area contributed by atoms with Crippen LogP contribution >= 0.6 is 11.6 Å². The van der Waals surface area contributed by atoms with Crippen LogP contribution in [0.15, 0.2) is 18.2 Å². The molecule has 2 rings (SSSR count). The maximum absolute atomic E-state index is 13.2. The van der Waals surface area contributed by atoms with E-state index in [9.17, 15) is 13.6 Å². The average molecular weight is 311 g/mol. The lowest BCUT2D eigenvalue weighted by Crippen LogP contribution is -2.15. The monoisotopic (exact) mass is 310 g/mol. The fourth-order valence-electron chi connectivity index (χ4n) is 2.09. The zero-order valence-electron chi connectivity index (χ0n) is 11.7. The van der Waals surface area contributed by atoms with Crippen molar-refractivity contribution in [1.29, 1.82) is 0 Å². The van der Waals surface area contributed by atoms with Crippen LogP contribution in [0.25, 0.3) is 0 Å². The van der Waals surface area contributed by atoms with Crippen LogP contribution in [0.2, 0.25) is 5.02 Å². The second-order valence-electron chi connectivity index (χ2n) is 4.74. The number of pyridine rings is 1. The number of rotatable bonds is 2. The van der Waals surface area contributed by atoms with Crippen molar-refractivity contribution in [2.45, 2.75) is 20.8 Å². The number of nitrogens with zero attached hydrogens (tertiary/aromatic N) is 1. The van der Waals surface area contributed by atoms with Crippen molar-refractivity contribution in [3.63, 3.8) is 0 Å². The quantitative estimate of drug-likeness (QED) is 0.845. The smallest absolute Gasteiger partial charge is 0.257 e. The van der Waals surface area contributed by atoms with E-state index in [2.05, 4.69) is 10.3 Å². The van der Waals surface area contributed by atoms with Gasteiger partial charge in [-0.15, -0.1) is 0 Å². The number of anilines is 1. The molecule has 2 aromatic rings. The summed E-state index contributed by atoms with van der Waals surface area (Å²) in [4.78, 5) is 16.4. The molecule has 0 spiro atoms. The van der Waals surface area contributed by atoms with Gasteiger partial charge in [-0.1, -0.05) is 11.6 Å². The van der Waals surface area contributed by atoms with Crippen molar-refractivity contribution >= 4 is 23.2 Å². The van der Waals surface area contributed by atoms with E-state index in [-0.39, 0.29) is 10.6 Å². The summed E-state index contributed by atoms with van der Waals surface area (Å²) in [5.41, 5.74) is 2.70. The predicted molar refractivity (Wildman–Crippen MR) is 77.8 cm³/mol. The van der Waals surface area contributed by atoms with Crippen molar-refractivity contribution in [2.24, 2.45) is 0 Å². The van der Waals surface area contributed by atoms with Crippen LogP contribution in [0.1, 0.15) is 27.3 Å². The fourth-order valence-corrected chi connectivity index (χ4v) is 2.33. The molecule has 0 saturated carbocycles. The summed E-state index contributed by atoms with van der Waals surface area (Å²) in [7, 11) is 0. The lowest BCUT2D eigenvalue weighted by atomic mass is 10.1. The number of aryl methyl sites for hydroxylation is 3. The summed E-state index contributed by atoms with van der Waals surface area (Å²) >= 11 is 5.78. The van der Waals surface area contributed by atoms with E-state index in [1.165, 1.54) is 0 Å². The molecule has 1 amide bonds. The molecule has 3 nitrogen and oxygen atoms in total. The van der Waals surface area contributed by atoms with Gasteiger partial charge in [0.25, 0.3) is 5.91 Å². The molecule has 21 heavy (non-hydrogen) atoms. The van der Waals surface area contributed by atoms with Crippen LogP contribution in [-0.2, 0) is 0 Å². The van der Waals surface area contributed by atoms with E-state index in [4.69, 9.17) is 11.6 Å². The van der Waals surface area contributed by atoms with Gasteiger partial charge in [0.1, 0.15) is 0 Å². The van der Waals surface area contributed by atoms with Gasteiger partial charge in [-0.3, -0.25) is 9.78 Å². The lowest BCUT2D eigenvalue weighted by molar-refractivity contribution is 0.102. The molecule has 0 saturated heterocycles. The molecule has 0 aliphatic heterocycles. The van der Waals surface area contributed by atoms with Crippen LogP contribution in [0.4, 0.5) is 14.5 Å². The maximum Gasteiger partial charge on any atom is 0.257 e. The Morgan fingerprint density at radius 2 is 1.76 bits per heavy atom. The van der Waals surface area contributed by atoms with Crippen LogP contribution in [-0.4, -0.2) is 10.9 Å². The van der Waals surface area contributed by atoms with Gasteiger partial charge in [0.05, 0.1) is 22.0 Å². The number of carbonyl (C=O) groups is 1. The Labute approximate surface area is 126 Å². The Kier molecular flexibility index (Phi) is 4.23. The first-order chi connectivity index (χ1) is 9.79. The molecule has 1 aromatic carbocycles. The predicted octanol–water partition coefficient (Wildman–Crippen LogP) is 4.19. The highest BCUT2D eigenvalue weighted by molar-refractivity contribution is 6.34. The van der Waals surface area contributed by atoms with E-state index >= 15 is 0 Å². The van der Waals surface area contributed by atoms with Crippen LogP contribution in [0.5, 0.6) is 0 Å². The summed E-state index contributed by atoms with van der Waals surface area (Å²) in [6.07, 6.45) is 0. The minimum Gasteiger partial charge on any atom is -0.320 e. The van der Waals surface area contributed by atoms with E-state index in [1.807, 2.05) is 19.9 Å². The van der Waals surface area contributed by atoms with Gasteiger partial charge >= 0.3 is 0 Å². The SMILES string of the molecule is Cc1cc(C)c(NC(=O)c2cc(F)c(F)cc2Cl)c(C)n1. The Hall–Kier alpha value is -2.01. The molecule has 1 aromatic heterocycles. The van der Waals surface area contributed by atoms with Crippen molar-refractivity contribution in [3.8, 4) is 0 Å². The molecule has 0 aliphatic carbocycles. The molecular weight excluding hydrogens is 298 g/mol. The largest absolute Gasteiger partial charge is 0.320 e. The van der Waals surface area contributed by atoms with Crippen molar-refractivity contribution in [1.82, 2.24) is 4.98 Å². The fraction of sp³-hybridized carbons (Fsp3) is 0.200. The van der Waals surface area contributed by atoms with Crippen molar-refractivity contribution in [3.05, 3.63) is 57.4 Å². The number of nitrogens with one attached hydrogen (secondary N) is 1. The highest BCUT2D eigenvalue weighted by Crippen LogP contribution is 2.24. The van der Waals surface area contributed by atoms with E-state index in [1.54, 1.807) is 6.92 Å². The molecule has 6 heteroatoms. The number of benzene rings is 1. The third kappa shape index (κ3) is 3.19. The third-order valence-electron chi connectivity index (χ3n) is 3.02. The normalized spacial score (nSPS) is 10.6. The number of hydrogen-bond donors (Lipinski definition) is 1. The van der Waals surface area contributed by atoms with Gasteiger partial charge in [-0.25, -0.2) is 8.78 Å². The Morgan fingerprint density at radius 1 is 1.14 bits per heavy atom. The maximum atomic E-state index is 13.2. The minimum atomic E-state index is -1.12. The highest BCUT2D eigenvalue weighted by Gasteiger charge is 2.17. The second-order valence-corrected chi connectivity index (χ2v) is 5.15. The molecule has 0 bridgehead atoms. The molecule has 110 valence electrons. The number of aromatic nitrogens is 1. The van der Waals surface area contributed by atoms with Gasteiger partial charge in [0.2, 0.25) is 0 Å². The summed E-state index contributed by atoms with van der Waals surface area (Å²) in [5.74, 6) is -2.84. The first kappa shape index (κ1) is 15.4. The van der Waals surface area contributed by atoms with Crippen LogP contribution in [0, 0.1) is 32.4 Å². The molecule has 0 fully saturated rings. The Morgan fingerprint density at radius 3 is 2.38 bits per heavy atom. The Balaban J connectivity index is 2.37. The van der Waals surface area contributed by atoms with E-state index in [0.717, 1.165) is 23.4 Å². The molecular formula is C15H13ClF2N2O. The van der Waals surface area contributed by atoms with Gasteiger partial charge in [0, 0.05) is 5.69 Å². The zero-order valence-corrected chi connectivity index (χ0v) is 12.5. The summed E-state index contributed by atoms with van der Waals surface area (Å²) in [6, 6.07) is 3.37. The zero-order chi connectivity index (χ0) is 15.7. The molecule has 0 atom stereocenters. The van der Waals surface area contributed by atoms with E-state index < -0.39 is 17.5 Å². The Bertz CT molecular complexity index is 709. The van der Waals surface area contributed by atoms with Crippen LogP contribution < -0.4 is 5.32 Å². The minimum absolute atomic E-state index is 0.130. The first-order valence-corrected chi connectivity index (χ1v) is 6.58. The lowest BCUT2D eigenvalue weighted by Gasteiger charge is -2.12. The second kappa shape index (κ2) is 5.77. The summed E-state index contributed by atoms with van der Waals surface area (Å²) < 4.78 is 26.3. The van der Waals surface area contributed by atoms with Crippen LogP contribution in [0.3, 0.4) is 0 Å². The van der Waals surface area contributed by atoms with Crippen molar-refractivity contribution < 1.29 is 13.6 Å². The van der Waals surface area contributed by atoms with Crippen molar-refractivity contribution in [2.75, 3.05) is 5.32 Å². The topological polar surface area (TPSA) is 42.0 Å². The molecule has 0 unspecified atom stereocenters. The molecule has 0 radical (unpaired) electrons. The van der Waals surface area contributed by atoms with Gasteiger partial charge in [-0.2, -0.15) is 0 Å². The third-order valence-corrected chi connectivity index (χ3v) is 3.33. The number of amides is 1. The highest BCUT2D eigenvalue weighted by atomic mass is 35.5. The summed E-state index contributed by atoms with van der Waals surface area (Å²) in [5, 5.41) is 2.48. The average Bonchev–Trinajstić information content (AvgIpc) is 2.37. The number of halogens is 3. The molecule has 0 aliphatic rings. The van der Waals surface area contributed by atoms with E-state index in [0.29, 0.717) is 11.4 Å². The first-order valence-electron chi connectivity index (χ1n) is 6.20. The summed E-state index contributed by atoms with van der Waals surface area (Å²) in [6.45, 7) is 5.42. The standard InChI is InChI=1S/C15H13ClF2N2O/c1-7-4-8(2)19-9(3)14(7)20-15(21)10-5-12(17)13(18)6-11(10)16/h4-6H,1-3H3,(H,20,21). The van der Waals surface area contributed by atoms with Gasteiger partial charge in [0.15, 0.2) is 11.6 Å². The molecule has 1 heterocycles. The number of hydrogen-bond acceptors (Lipinski definition) is 2. The van der Waals surface area contributed by atoms with Gasteiger partial charge in [-0.05, 0) is 44.5 Å². The molecule has 1 N–H and O–H groups in total. The van der Waals surface area contributed by atoms with Gasteiger partial charge < -0.3 is 5.32 Å².